The fourth-order valence-corrected chi connectivity index (χ4v) is 1.82. The fourth-order valence-electron chi connectivity index (χ4n) is 1.82. The van der Waals surface area contributed by atoms with Crippen LogP contribution in [0.1, 0.15) is 18.4 Å². The van der Waals surface area contributed by atoms with Gasteiger partial charge in [0.1, 0.15) is 6.04 Å². The van der Waals surface area contributed by atoms with Crippen LogP contribution in [-0.2, 0) is 9.59 Å². The predicted octanol–water partition coefficient (Wildman–Crippen LogP) is 1.46. The van der Waals surface area contributed by atoms with Gasteiger partial charge >= 0.3 is 18.0 Å². The topological polar surface area (TPSA) is 107 Å². The number of carboxylic acids is 2. The smallest absolute Gasteiger partial charge is 0.326 e. The summed E-state index contributed by atoms with van der Waals surface area (Å²) in [5, 5.41) is 19.9. The maximum atomic E-state index is 12.1. The van der Waals surface area contributed by atoms with Crippen LogP contribution in [0.15, 0.2) is 24.3 Å². The molecule has 7 heteroatoms. The highest BCUT2D eigenvalue weighted by molar-refractivity contribution is 5.94. The molecule has 7 nitrogen and oxygen atoms in total. The molecule has 0 spiro atoms. The molecule has 1 atom stereocenters. The Balaban J connectivity index is 2.75. The molecule has 0 saturated carbocycles. The molecule has 1 rings (SSSR count). The summed E-state index contributed by atoms with van der Waals surface area (Å²) in [6.07, 6.45) is -0.497. The molecular weight excluding hydrogens is 276 g/mol. The molecule has 0 bridgehead atoms. The first-order valence-electron chi connectivity index (χ1n) is 6.37. The first kappa shape index (κ1) is 16.5. The zero-order chi connectivity index (χ0) is 16.0. The van der Waals surface area contributed by atoms with Crippen molar-refractivity contribution < 1.29 is 24.6 Å². The number of nitrogens with zero attached hydrogens (tertiary/aromatic N) is 1. The van der Waals surface area contributed by atoms with Crippen molar-refractivity contribution in [2.45, 2.75) is 25.8 Å². The van der Waals surface area contributed by atoms with Crippen molar-refractivity contribution in [3.8, 4) is 0 Å². The summed E-state index contributed by atoms with van der Waals surface area (Å²) in [6.45, 7) is 1.83. The van der Waals surface area contributed by atoms with Gasteiger partial charge in [0.25, 0.3) is 0 Å². The Morgan fingerprint density at radius 1 is 1.24 bits per heavy atom. The third-order valence-corrected chi connectivity index (χ3v) is 3.02. The number of aliphatic carboxylic acids is 2. The van der Waals surface area contributed by atoms with Gasteiger partial charge in [-0.15, -0.1) is 0 Å². The minimum atomic E-state index is -1.26. The summed E-state index contributed by atoms with van der Waals surface area (Å²) in [4.78, 5) is 34.9. The molecule has 0 fully saturated rings. The van der Waals surface area contributed by atoms with E-state index in [0.29, 0.717) is 5.69 Å². The summed E-state index contributed by atoms with van der Waals surface area (Å²) < 4.78 is 0. The van der Waals surface area contributed by atoms with Crippen molar-refractivity contribution in [1.29, 1.82) is 0 Å². The van der Waals surface area contributed by atoms with Crippen LogP contribution in [-0.4, -0.2) is 41.3 Å². The van der Waals surface area contributed by atoms with Gasteiger partial charge in [0.15, 0.2) is 0 Å². The summed E-state index contributed by atoms with van der Waals surface area (Å²) in [6, 6.07) is 5.34. The maximum Gasteiger partial charge on any atom is 0.326 e. The van der Waals surface area contributed by atoms with Crippen molar-refractivity contribution in [3.63, 3.8) is 0 Å². The maximum absolute atomic E-state index is 12.1. The minimum absolute atomic E-state index is 0.169. The molecule has 1 aromatic rings. The van der Waals surface area contributed by atoms with Crippen LogP contribution in [0.5, 0.6) is 0 Å². The van der Waals surface area contributed by atoms with Gasteiger partial charge in [-0.2, -0.15) is 0 Å². The van der Waals surface area contributed by atoms with Gasteiger partial charge in [-0.05, 0) is 25.0 Å². The Hall–Kier alpha value is -2.57. The summed E-state index contributed by atoms with van der Waals surface area (Å²) in [7, 11) is 1.52. The van der Waals surface area contributed by atoms with E-state index < -0.39 is 24.0 Å². The van der Waals surface area contributed by atoms with Crippen LogP contribution >= 0.6 is 0 Å². The molecule has 0 saturated heterocycles. The fraction of sp³-hybridized carbons (Fsp3) is 0.357. The van der Waals surface area contributed by atoms with Crippen molar-refractivity contribution >= 4 is 23.7 Å². The first-order chi connectivity index (χ1) is 9.82. The number of benzene rings is 1. The molecule has 1 aromatic carbocycles. The first-order valence-corrected chi connectivity index (χ1v) is 6.37. The molecule has 2 amide bonds. The molecule has 1 unspecified atom stereocenters. The number of para-hydroxylation sites is 1. The average molecular weight is 294 g/mol. The lowest BCUT2D eigenvalue weighted by atomic mass is 10.1. The van der Waals surface area contributed by atoms with Gasteiger partial charge in [0, 0.05) is 19.2 Å². The number of hydrogen-bond donors (Lipinski definition) is 3. The highest BCUT2D eigenvalue weighted by Crippen LogP contribution is 2.17. The van der Waals surface area contributed by atoms with E-state index in [1.165, 1.54) is 11.9 Å². The number of rotatable bonds is 6. The highest BCUT2D eigenvalue weighted by Gasteiger charge is 2.23. The van der Waals surface area contributed by atoms with Crippen LogP contribution in [0, 0.1) is 6.92 Å². The second kappa shape index (κ2) is 7.28. The van der Waals surface area contributed by atoms with Crippen molar-refractivity contribution in [3.05, 3.63) is 29.8 Å². The number of anilines is 1. The SMILES string of the molecule is Cc1ccccc1N(C)C(=O)NC(CCC(=O)O)C(=O)O. The number of nitrogens with one attached hydrogen (secondary N) is 1. The largest absolute Gasteiger partial charge is 0.481 e. The number of carbonyl (C=O) groups is 3. The van der Waals surface area contributed by atoms with Gasteiger partial charge in [-0.3, -0.25) is 9.69 Å². The number of aryl methyl sites for hydroxylation is 1. The quantitative estimate of drug-likeness (QED) is 0.736. The van der Waals surface area contributed by atoms with E-state index in [1.807, 2.05) is 19.1 Å². The molecule has 114 valence electrons. The van der Waals surface area contributed by atoms with Crippen LogP contribution in [0.3, 0.4) is 0 Å². The van der Waals surface area contributed by atoms with Gasteiger partial charge in [0.2, 0.25) is 0 Å². The molecular formula is C14H18N2O5. The van der Waals surface area contributed by atoms with E-state index in [0.717, 1.165) is 5.56 Å². The zero-order valence-corrected chi connectivity index (χ0v) is 11.9. The zero-order valence-electron chi connectivity index (χ0n) is 11.9. The van der Waals surface area contributed by atoms with E-state index in [2.05, 4.69) is 5.32 Å². The number of urea groups is 1. The van der Waals surface area contributed by atoms with E-state index in [4.69, 9.17) is 10.2 Å². The number of hydrogen-bond acceptors (Lipinski definition) is 3. The van der Waals surface area contributed by atoms with Crippen LogP contribution in [0.25, 0.3) is 0 Å². The third kappa shape index (κ3) is 4.79. The minimum Gasteiger partial charge on any atom is -0.481 e. The predicted molar refractivity (Wildman–Crippen MR) is 76.4 cm³/mol. The molecule has 0 aliphatic heterocycles. The standard InChI is InChI=1S/C14H18N2O5/c1-9-5-3-4-6-11(9)16(2)14(21)15-10(13(19)20)7-8-12(17)18/h3-6,10H,7-8H2,1-2H3,(H,15,21)(H,17,18)(H,19,20). The van der Waals surface area contributed by atoms with Crippen LogP contribution in [0.4, 0.5) is 10.5 Å². The Labute approximate surface area is 122 Å². The number of carbonyl (C=O) groups excluding carboxylic acids is 1. The van der Waals surface area contributed by atoms with Crippen molar-refractivity contribution in [1.82, 2.24) is 5.32 Å². The lowest BCUT2D eigenvalue weighted by Crippen LogP contribution is -2.47. The molecule has 0 radical (unpaired) electrons. The van der Waals surface area contributed by atoms with Crippen molar-refractivity contribution in [2.24, 2.45) is 0 Å². The Kier molecular flexibility index (Phi) is 5.71. The van der Waals surface area contributed by atoms with Gasteiger partial charge in [0.05, 0.1) is 0 Å². The Morgan fingerprint density at radius 3 is 2.38 bits per heavy atom. The van der Waals surface area contributed by atoms with Gasteiger partial charge < -0.3 is 15.5 Å². The van der Waals surface area contributed by atoms with Gasteiger partial charge in [-0.1, -0.05) is 18.2 Å². The van der Waals surface area contributed by atoms with Crippen LogP contribution in [0.2, 0.25) is 0 Å². The summed E-state index contributed by atoms with van der Waals surface area (Å²) >= 11 is 0. The molecule has 0 heterocycles. The highest BCUT2D eigenvalue weighted by atomic mass is 16.4. The Bertz CT molecular complexity index is 544. The number of amides is 2. The second-order valence-corrected chi connectivity index (χ2v) is 4.62. The third-order valence-electron chi connectivity index (χ3n) is 3.02. The van der Waals surface area contributed by atoms with E-state index >= 15 is 0 Å². The Morgan fingerprint density at radius 2 is 1.86 bits per heavy atom. The second-order valence-electron chi connectivity index (χ2n) is 4.62. The summed E-state index contributed by atoms with van der Waals surface area (Å²) in [5.74, 6) is -2.37. The van der Waals surface area contributed by atoms with Gasteiger partial charge in [-0.25, -0.2) is 9.59 Å². The van der Waals surface area contributed by atoms with Crippen molar-refractivity contribution in [2.75, 3.05) is 11.9 Å². The molecule has 0 aliphatic carbocycles. The molecule has 0 aromatic heterocycles. The van der Waals surface area contributed by atoms with E-state index in [1.54, 1.807) is 12.1 Å². The number of carboxylic acid groups (broad SMARTS) is 2. The molecule has 0 aliphatic rings. The van der Waals surface area contributed by atoms with E-state index in [9.17, 15) is 14.4 Å². The molecule has 21 heavy (non-hydrogen) atoms. The lowest BCUT2D eigenvalue weighted by molar-refractivity contribution is -0.140. The lowest BCUT2D eigenvalue weighted by Gasteiger charge is -2.22. The van der Waals surface area contributed by atoms with Crippen LogP contribution < -0.4 is 10.2 Å². The molecule has 3 N–H and O–H groups in total. The summed E-state index contributed by atoms with van der Waals surface area (Å²) in [5.41, 5.74) is 1.52. The van der Waals surface area contributed by atoms with E-state index in [-0.39, 0.29) is 12.8 Å². The monoisotopic (exact) mass is 294 g/mol. The normalized spacial score (nSPS) is 11.5. The average Bonchev–Trinajstić information content (AvgIpc) is 2.42.